The molecular formula is C28H30N2O3. The number of rotatable bonds is 9. The lowest BCUT2D eigenvalue weighted by Crippen LogP contribution is -2.47. The molecule has 170 valence electrons. The number of carboxylic acid groups (broad SMARTS) is 1. The van der Waals surface area contributed by atoms with E-state index in [1.165, 1.54) is 23.1 Å². The van der Waals surface area contributed by atoms with Gasteiger partial charge in [0.25, 0.3) is 0 Å². The fraction of sp³-hybridized carbons (Fsp3) is 0.321. The van der Waals surface area contributed by atoms with Gasteiger partial charge in [-0.05, 0) is 53.8 Å². The van der Waals surface area contributed by atoms with E-state index in [1.54, 1.807) is 12.1 Å². The minimum Gasteiger partial charge on any atom is -0.492 e. The molecule has 2 aliphatic heterocycles. The third-order valence-electron chi connectivity index (χ3n) is 6.88. The molecule has 2 atom stereocenters. The first-order chi connectivity index (χ1) is 16.1. The molecule has 2 saturated heterocycles. The molecule has 5 heteroatoms. The van der Waals surface area contributed by atoms with Gasteiger partial charge >= 0.3 is 5.97 Å². The Hall–Kier alpha value is -3.15. The Morgan fingerprint density at radius 3 is 2.12 bits per heavy atom. The maximum atomic E-state index is 11.0. The molecule has 0 saturated carbocycles. The average molecular weight is 443 g/mol. The van der Waals surface area contributed by atoms with Crippen LogP contribution in [0.3, 0.4) is 0 Å². The zero-order valence-corrected chi connectivity index (χ0v) is 18.8. The highest BCUT2D eigenvalue weighted by molar-refractivity contribution is 5.87. The third kappa shape index (κ3) is 5.27. The number of benzene rings is 3. The Bertz CT molecular complexity index is 1070. The zero-order chi connectivity index (χ0) is 22.6. The van der Waals surface area contributed by atoms with Gasteiger partial charge in [0.05, 0.1) is 5.56 Å². The molecule has 2 heterocycles. The van der Waals surface area contributed by atoms with Crippen molar-refractivity contribution in [3.63, 3.8) is 0 Å². The van der Waals surface area contributed by atoms with Gasteiger partial charge in [0.15, 0.2) is 0 Å². The van der Waals surface area contributed by atoms with Crippen molar-refractivity contribution in [3.8, 4) is 5.75 Å². The number of carboxylic acids is 1. The summed E-state index contributed by atoms with van der Waals surface area (Å²) in [7, 11) is 0. The lowest BCUT2D eigenvalue weighted by Gasteiger charge is -2.34. The van der Waals surface area contributed by atoms with Crippen LogP contribution in [0, 0.1) is 0 Å². The van der Waals surface area contributed by atoms with Crippen LogP contribution in [0.2, 0.25) is 0 Å². The van der Waals surface area contributed by atoms with Gasteiger partial charge < -0.3 is 9.84 Å². The smallest absolute Gasteiger partial charge is 0.335 e. The van der Waals surface area contributed by atoms with Crippen LogP contribution in [0.25, 0.3) is 0 Å². The summed E-state index contributed by atoms with van der Waals surface area (Å²) >= 11 is 0. The van der Waals surface area contributed by atoms with E-state index in [-0.39, 0.29) is 0 Å². The van der Waals surface area contributed by atoms with Crippen molar-refractivity contribution >= 4 is 5.97 Å². The predicted octanol–water partition coefficient (Wildman–Crippen LogP) is 4.31. The minimum atomic E-state index is -0.872. The minimum absolute atomic E-state index is 0.346. The summed E-state index contributed by atoms with van der Waals surface area (Å²) in [5.74, 6) is 0.0605. The van der Waals surface area contributed by atoms with E-state index in [0.29, 0.717) is 24.3 Å². The molecule has 3 aromatic carbocycles. The van der Waals surface area contributed by atoms with Gasteiger partial charge in [-0.2, -0.15) is 0 Å². The highest BCUT2D eigenvalue weighted by atomic mass is 16.5. The van der Waals surface area contributed by atoms with Crippen molar-refractivity contribution < 1.29 is 14.6 Å². The van der Waals surface area contributed by atoms with Crippen molar-refractivity contribution in [2.24, 2.45) is 0 Å². The molecule has 2 fully saturated rings. The Morgan fingerprint density at radius 2 is 1.45 bits per heavy atom. The second kappa shape index (κ2) is 9.77. The standard InChI is InChI=1S/C28H30N2O3/c31-28(32)24-10-6-23(7-11-24)18-30-20-25-17-26(30)19-29(25)14-15-33-27-12-8-22(9-13-27)16-21-4-2-1-3-5-21/h1-13,25-26H,14-20H2,(H,31,32)/t25-,26-/m0/s1. The summed E-state index contributed by atoms with van der Waals surface area (Å²) in [4.78, 5) is 16.1. The van der Waals surface area contributed by atoms with Crippen molar-refractivity contribution in [3.05, 3.63) is 101 Å². The van der Waals surface area contributed by atoms with Gasteiger partial charge in [-0.25, -0.2) is 4.79 Å². The van der Waals surface area contributed by atoms with Gasteiger partial charge in [-0.1, -0.05) is 54.6 Å². The molecule has 2 aliphatic rings. The molecule has 5 rings (SSSR count). The molecule has 0 aromatic heterocycles. The number of piperazine rings is 1. The molecule has 0 unspecified atom stereocenters. The van der Waals surface area contributed by atoms with Crippen LogP contribution >= 0.6 is 0 Å². The third-order valence-corrected chi connectivity index (χ3v) is 6.88. The van der Waals surface area contributed by atoms with Crippen molar-refractivity contribution in [2.45, 2.75) is 31.5 Å². The SMILES string of the molecule is O=C(O)c1ccc(CN2C[C@@H]3C[C@H]2CN3CCOc2ccc(Cc3ccccc3)cc2)cc1. The van der Waals surface area contributed by atoms with Gasteiger partial charge in [-0.15, -0.1) is 0 Å². The lowest BCUT2D eigenvalue weighted by atomic mass is 10.1. The zero-order valence-electron chi connectivity index (χ0n) is 18.8. The fourth-order valence-electron chi connectivity index (χ4n) is 5.10. The molecule has 33 heavy (non-hydrogen) atoms. The van der Waals surface area contributed by atoms with Crippen LogP contribution in [0.15, 0.2) is 78.9 Å². The summed E-state index contributed by atoms with van der Waals surface area (Å²) in [6.07, 6.45) is 2.15. The lowest BCUT2D eigenvalue weighted by molar-refractivity contribution is 0.0697. The van der Waals surface area contributed by atoms with Gasteiger partial charge in [0.2, 0.25) is 0 Å². The fourth-order valence-corrected chi connectivity index (χ4v) is 5.10. The molecule has 0 aliphatic carbocycles. The monoisotopic (exact) mass is 442 g/mol. The molecule has 2 bridgehead atoms. The van der Waals surface area contributed by atoms with E-state index in [4.69, 9.17) is 9.84 Å². The first-order valence-electron chi connectivity index (χ1n) is 11.7. The van der Waals surface area contributed by atoms with Crippen molar-refractivity contribution in [1.29, 1.82) is 0 Å². The Kier molecular flexibility index (Phi) is 6.42. The Morgan fingerprint density at radius 1 is 0.818 bits per heavy atom. The maximum absolute atomic E-state index is 11.0. The molecule has 5 nitrogen and oxygen atoms in total. The Balaban J connectivity index is 1.05. The summed E-state index contributed by atoms with van der Waals surface area (Å²) in [6, 6.07) is 27.4. The summed E-state index contributed by atoms with van der Waals surface area (Å²) in [6.45, 7) is 4.70. The van der Waals surface area contributed by atoms with Gasteiger partial charge in [-0.3, -0.25) is 9.80 Å². The van der Waals surface area contributed by atoms with Crippen LogP contribution in [-0.2, 0) is 13.0 Å². The van der Waals surface area contributed by atoms with Crippen molar-refractivity contribution in [1.82, 2.24) is 9.80 Å². The predicted molar refractivity (Wildman–Crippen MR) is 129 cm³/mol. The molecular weight excluding hydrogens is 412 g/mol. The molecule has 0 radical (unpaired) electrons. The summed E-state index contributed by atoms with van der Waals surface area (Å²) in [5.41, 5.74) is 4.14. The van der Waals surface area contributed by atoms with Crippen LogP contribution in [0.5, 0.6) is 5.75 Å². The largest absolute Gasteiger partial charge is 0.492 e. The number of nitrogens with zero attached hydrogens (tertiary/aromatic N) is 2. The number of hydrogen-bond donors (Lipinski definition) is 1. The molecule has 0 amide bonds. The number of hydrogen-bond acceptors (Lipinski definition) is 4. The van der Waals surface area contributed by atoms with Gasteiger partial charge in [0, 0.05) is 38.3 Å². The average Bonchev–Trinajstić information content (AvgIpc) is 3.41. The van der Waals surface area contributed by atoms with Crippen LogP contribution in [0.1, 0.15) is 33.5 Å². The first-order valence-corrected chi connectivity index (χ1v) is 11.7. The number of likely N-dealkylation sites (tertiary alicyclic amines) is 2. The van der Waals surface area contributed by atoms with Crippen LogP contribution in [0.4, 0.5) is 0 Å². The maximum Gasteiger partial charge on any atom is 0.335 e. The van der Waals surface area contributed by atoms with Gasteiger partial charge in [0.1, 0.15) is 12.4 Å². The van der Waals surface area contributed by atoms with E-state index in [9.17, 15) is 4.79 Å². The first kappa shape index (κ1) is 21.7. The summed E-state index contributed by atoms with van der Waals surface area (Å²) < 4.78 is 6.03. The van der Waals surface area contributed by atoms with E-state index in [1.807, 2.05) is 18.2 Å². The second-order valence-electron chi connectivity index (χ2n) is 9.12. The molecule has 1 N–H and O–H groups in total. The van der Waals surface area contributed by atoms with Crippen molar-refractivity contribution in [2.75, 3.05) is 26.2 Å². The topological polar surface area (TPSA) is 53.0 Å². The molecule has 0 spiro atoms. The normalized spacial score (nSPS) is 20.2. The van der Waals surface area contributed by atoms with E-state index < -0.39 is 5.97 Å². The number of aromatic carboxylic acids is 1. The second-order valence-corrected chi connectivity index (χ2v) is 9.12. The van der Waals surface area contributed by atoms with E-state index in [2.05, 4.69) is 58.3 Å². The van der Waals surface area contributed by atoms with E-state index in [0.717, 1.165) is 38.3 Å². The van der Waals surface area contributed by atoms with Crippen LogP contribution in [-0.4, -0.2) is 59.2 Å². The number of ether oxygens (including phenoxy) is 1. The summed E-state index contributed by atoms with van der Waals surface area (Å²) in [5, 5.41) is 9.06. The number of carbonyl (C=O) groups is 1. The quantitative estimate of drug-likeness (QED) is 0.535. The molecule has 3 aromatic rings. The number of fused-ring (bicyclic) bond motifs is 2. The highest BCUT2D eigenvalue weighted by Crippen LogP contribution is 2.31. The van der Waals surface area contributed by atoms with E-state index >= 15 is 0 Å². The highest BCUT2D eigenvalue weighted by Gasteiger charge is 2.42. The Labute approximate surface area is 195 Å². The van der Waals surface area contributed by atoms with Crippen LogP contribution < -0.4 is 4.74 Å².